The number of alkyl halides is 2. The minimum absolute atomic E-state index is 0.103. The molecule has 9 heteroatoms. The van der Waals surface area contributed by atoms with E-state index in [-0.39, 0.29) is 28.7 Å². The molecule has 0 heterocycles. The van der Waals surface area contributed by atoms with Crippen molar-refractivity contribution in [3.8, 4) is 28.0 Å². The summed E-state index contributed by atoms with van der Waals surface area (Å²) in [4.78, 5) is 0. The summed E-state index contributed by atoms with van der Waals surface area (Å²) in [5.74, 6) is -10.7. The molecule has 2 atom stereocenters. The Labute approximate surface area is 237 Å². The normalized spacial score (nSPS) is 18.8. The van der Waals surface area contributed by atoms with E-state index in [0.717, 1.165) is 18.4 Å². The van der Waals surface area contributed by atoms with Crippen LogP contribution in [0.15, 0.2) is 78.9 Å². The molecule has 0 aliphatic heterocycles. The van der Waals surface area contributed by atoms with Crippen molar-refractivity contribution >= 4 is 0 Å². The molecule has 4 aromatic rings. The van der Waals surface area contributed by atoms with E-state index in [9.17, 15) is 30.7 Å². The Bertz CT molecular complexity index is 1630. The lowest BCUT2D eigenvalue weighted by Gasteiger charge is -2.32. The maximum absolute atomic E-state index is 15.2. The fourth-order valence-electron chi connectivity index (χ4n) is 5.09. The SMILES string of the molecule is CC1C=C[C@@](C)(c2ccc(-c3ccc(-c4cc(F)c(C(F)(F)Oc5cc(F)c(F)c(F)c5)c(F)c4)c(F)c3)cc2)CC1. The van der Waals surface area contributed by atoms with Crippen LogP contribution >= 0.6 is 0 Å². The molecule has 0 aromatic heterocycles. The Balaban J connectivity index is 1.40. The molecule has 218 valence electrons. The summed E-state index contributed by atoms with van der Waals surface area (Å²) in [6, 6.07) is 12.8. The highest BCUT2D eigenvalue weighted by molar-refractivity contribution is 5.71. The smallest absolute Gasteiger partial charge is 0.429 e. The maximum atomic E-state index is 15.2. The summed E-state index contributed by atoms with van der Waals surface area (Å²) in [5.41, 5.74) is -0.267. The Hall–Kier alpha value is -4.14. The van der Waals surface area contributed by atoms with Gasteiger partial charge in [0.25, 0.3) is 0 Å². The molecule has 0 radical (unpaired) electrons. The highest BCUT2D eigenvalue weighted by atomic mass is 19.3. The van der Waals surface area contributed by atoms with Gasteiger partial charge in [-0.05, 0) is 59.2 Å². The molecule has 0 bridgehead atoms. The van der Waals surface area contributed by atoms with E-state index < -0.39 is 52.3 Å². The predicted octanol–water partition coefficient (Wildman–Crippen LogP) is 10.2. The lowest BCUT2D eigenvalue weighted by molar-refractivity contribution is -0.189. The molecule has 0 amide bonds. The van der Waals surface area contributed by atoms with Crippen LogP contribution in [-0.2, 0) is 11.5 Å². The molecule has 0 spiro atoms. The van der Waals surface area contributed by atoms with Gasteiger partial charge in [-0.15, -0.1) is 0 Å². The molecule has 4 aromatic carbocycles. The van der Waals surface area contributed by atoms with Crippen LogP contribution in [-0.4, -0.2) is 0 Å². The molecule has 0 saturated carbocycles. The van der Waals surface area contributed by atoms with E-state index in [2.05, 4.69) is 30.7 Å². The van der Waals surface area contributed by atoms with Gasteiger partial charge in [0.15, 0.2) is 17.5 Å². The van der Waals surface area contributed by atoms with Crippen molar-refractivity contribution < 1.29 is 39.9 Å². The first-order valence-electron chi connectivity index (χ1n) is 13.1. The predicted molar refractivity (Wildman–Crippen MR) is 143 cm³/mol. The van der Waals surface area contributed by atoms with Gasteiger partial charge in [-0.25, -0.2) is 26.3 Å². The average Bonchev–Trinajstić information content (AvgIpc) is 2.92. The summed E-state index contributed by atoms with van der Waals surface area (Å²) >= 11 is 0. The molecule has 1 unspecified atom stereocenters. The van der Waals surface area contributed by atoms with Gasteiger partial charge in [0, 0.05) is 23.1 Å². The summed E-state index contributed by atoms with van der Waals surface area (Å²) < 4.78 is 118. The molecule has 0 fully saturated rings. The van der Waals surface area contributed by atoms with Crippen LogP contribution in [0.2, 0.25) is 0 Å². The lowest BCUT2D eigenvalue weighted by Crippen LogP contribution is -2.25. The van der Waals surface area contributed by atoms with E-state index in [4.69, 9.17) is 0 Å². The quantitative estimate of drug-likeness (QED) is 0.124. The Morgan fingerprint density at radius 1 is 0.714 bits per heavy atom. The first-order valence-corrected chi connectivity index (χ1v) is 13.1. The molecule has 42 heavy (non-hydrogen) atoms. The first kappa shape index (κ1) is 29.4. The zero-order chi connectivity index (χ0) is 30.4. The highest BCUT2D eigenvalue weighted by Gasteiger charge is 2.41. The fourth-order valence-corrected chi connectivity index (χ4v) is 5.09. The second-order valence-electron chi connectivity index (χ2n) is 10.7. The molecular formula is C33H24F8O. The zero-order valence-electron chi connectivity index (χ0n) is 22.4. The van der Waals surface area contributed by atoms with Crippen molar-refractivity contribution in [3.63, 3.8) is 0 Å². The third kappa shape index (κ3) is 5.65. The van der Waals surface area contributed by atoms with Gasteiger partial charge in [-0.3, -0.25) is 0 Å². The second-order valence-corrected chi connectivity index (χ2v) is 10.7. The van der Waals surface area contributed by atoms with E-state index in [0.29, 0.717) is 29.2 Å². The van der Waals surface area contributed by atoms with Crippen LogP contribution in [0.1, 0.15) is 37.8 Å². The van der Waals surface area contributed by atoms with Crippen LogP contribution in [0.5, 0.6) is 5.75 Å². The van der Waals surface area contributed by atoms with Crippen LogP contribution in [0.4, 0.5) is 35.1 Å². The van der Waals surface area contributed by atoms with Crippen LogP contribution < -0.4 is 4.74 Å². The molecule has 1 aliphatic rings. The highest BCUT2D eigenvalue weighted by Crippen LogP contribution is 2.40. The fraction of sp³-hybridized carbons (Fsp3) is 0.212. The van der Waals surface area contributed by atoms with Crippen molar-refractivity contribution in [1.82, 2.24) is 0 Å². The second kappa shape index (κ2) is 10.9. The third-order valence-electron chi connectivity index (χ3n) is 7.61. The molecule has 0 N–H and O–H groups in total. The Kier molecular flexibility index (Phi) is 7.64. The van der Waals surface area contributed by atoms with E-state index >= 15 is 4.39 Å². The number of ether oxygens (including phenoxy) is 1. The monoisotopic (exact) mass is 588 g/mol. The molecular weight excluding hydrogens is 564 g/mol. The van der Waals surface area contributed by atoms with Crippen molar-refractivity contribution in [2.75, 3.05) is 0 Å². The molecule has 5 rings (SSSR count). The van der Waals surface area contributed by atoms with Gasteiger partial charge in [0.05, 0.1) is 0 Å². The van der Waals surface area contributed by atoms with Crippen molar-refractivity contribution in [1.29, 1.82) is 0 Å². The van der Waals surface area contributed by atoms with Gasteiger partial charge in [0.2, 0.25) is 0 Å². The molecule has 1 aliphatic carbocycles. The van der Waals surface area contributed by atoms with Gasteiger partial charge in [-0.1, -0.05) is 62.4 Å². The maximum Gasteiger partial charge on any atom is 0.432 e. The number of hydrogen-bond donors (Lipinski definition) is 0. The molecule has 0 saturated heterocycles. The van der Waals surface area contributed by atoms with E-state index in [1.54, 1.807) is 0 Å². The van der Waals surface area contributed by atoms with Crippen molar-refractivity contribution in [2.45, 2.75) is 38.2 Å². The van der Waals surface area contributed by atoms with Gasteiger partial charge in [-0.2, -0.15) is 8.78 Å². The van der Waals surface area contributed by atoms with Gasteiger partial charge >= 0.3 is 6.11 Å². The standard InChI is InChI=1S/C33H24F8O/c1-18-9-11-32(2,12-10-18)22-6-3-19(4-7-22)20-5-8-24(25(34)13-20)21-14-26(35)30(27(36)15-21)33(40,41)42-23-16-28(37)31(39)29(38)17-23/h3-9,11,13-18H,10,12H2,1-2H3/t18?,32-/m1/s1. The molecule has 1 nitrogen and oxygen atoms in total. The third-order valence-corrected chi connectivity index (χ3v) is 7.61. The van der Waals surface area contributed by atoms with Crippen molar-refractivity contribution in [2.24, 2.45) is 5.92 Å². The number of rotatable bonds is 6. The Morgan fingerprint density at radius 2 is 1.29 bits per heavy atom. The summed E-state index contributed by atoms with van der Waals surface area (Å²) in [5, 5.41) is 0. The zero-order valence-corrected chi connectivity index (χ0v) is 22.4. The Morgan fingerprint density at radius 3 is 1.83 bits per heavy atom. The van der Waals surface area contributed by atoms with E-state index in [1.807, 2.05) is 24.3 Å². The minimum atomic E-state index is -4.75. The number of halogens is 8. The summed E-state index contributed by atoms with van der Waals surface area (Å²) in [6.45, 7) is 4.33. The lowest BCUT2D eigenvalue weighted by atomic mass is 9.73. The number of allylic oxidation sites excluding steroid dienone is 2. The van der Waals surface area contributed by atoms with E-state index in [1.165, 1.54) is 18.2 Å². The van der Waals surface area contributed by atoms with Crippen LogP contribution in [0.3, 0.4) is 0 Å². The average molecular weight is 589 g/mol. The van der Waals surface area contributed by atoms with Gasteiger partial charge in [0.1, 0.15) is 28.8 Å². The van der Waals surface area contributed by atoms with Gasteiger partial charge < -0.3 is 4.74 Å². The van der Waals surface area contributed by atoms with Crippen molar-refractivity contribution in [3.05, 3.63) is 125 Å². The topological polar surface area (TPSA) is 9.23 Å². The van der Waals surface area contributed by atoms with Crippen LogP contribution in [0.25, 0.3) is 22.3 Å². The minimum Gasteiger partial charge on any atom is -0.429 e. The summed E-state index contributed by atoms with van der Waals surface area (Å²) in [7, 11) is 0. The van der Waals surface area contributed by atoms with Crippen LogP contribution in [0, 0.1) is 40.8 Å². The summed E-state index contributed by atoms with van der Waals surface area (Å²) in [6.07, 6.45) is 1.73. The number of benzene rings is 4. The largest absolute Gasteiger partial charge is 0.432 e. The first-order chi connectivity index (χ1) is 19.8. The number of hydrogen-bond acceptors (Lipinski definition) is 1.